The van der Waals surface area contributed by atoms with Crippen molar-refractivity contribution in [2.45, 2.75) is 13.5 Å². The molecule has 2 aromatic rings. The normalized spacial score (nSPS) is 10.0. The number of imidazole rings is 1. The van der Waals surface area contributed by atoms with E-state index in [4.69, 9.17) is 5.26 Å². The van der Waals surface area contributed by atoms with Crippen molar-refractivity contribution in [3.8, 4) is 6.07 Å². The lowest BCUT2D eigenvalue weighted by molar-refractivity contribution is -0.687. The van der Waals surface area contributed by atoms with Crippen LogP contribution in [-0.4, -0.2) is 10.5 Å². The molecule has 0 saturated heterocycles. The summed E-state index contributed by atoms with van der Waals surface area (Å²) in [4.78, 5) is 11.2. The van der Waals surface area contributed by atoms with E-state index in [0.717, 1.165) is 11.1 Å². The summed E-state index contributed by atoms with van der Waals surface area (Å²) in [6, 6.07) is 9.91. The van der Waals surface area contributed by atoms with E-state index >= 15 is 0 Å². The molecule has 0 aliphatic heterocycles. The van der Waals surface area contributed by atoms with Gasteiger partial charge in [-0.05, 0) is 17.2 Å². The monoisotopic (exact) mass is 331 g/mol. The predicted molar refractivity (Wildman–Crippen MR) is 71.1 cm³/mol. The van der Waals surface area contributed by atoms with E-state index in [-0.39, 0.29) is 22.9 Å². The van der Waals surface area contributed by atoms with E-state index in [1.54, 1.807) is 23.2 Å². The van der Waals surface area contributed by atoms with E-state index in [2.05, 4.69) is 0 Å². The standard InChI is InChI=1S/C15H14N3O.BrH/c1-13(19)18-10-9-17(12-18)11-15-6-4-14(5-7-15)3-2-8-16;/h2-7,9-10,12H,11H2,1H3;1H/q+1;/p-1. The quantitative estimate of drug-likeness (QED) is 0.536. The van der Waals surface area contributed by atoms with E-state index < -0.39 is 0 Å². The molecule has 1 aromatic carbocycles. The zero-order valence-corrected chi connectivity index (χ0v) is 12.6. The first-order valence-corrected chi connectivity index (χ1v) is 5.92. The van der Waals surface area contributed by atoms with Crippen LogP contribution >= 0.6 is 0 Å². The summed E-state index contributed by atoms with van der Waals surface area (Å²) in [5.74, 6) is -0.00395. The molecule has 0 spiro atoms. The zero-order chi connectivity index (χ0) is 13.7. The van der Waals surface area contributed by atoms with E-state index in [0.29, 0.717) is 6.54 Å². The number of hydrogen-bond donors (Lipinski definition) is 0. The Morgan fingerprint density at radius 3 is 2.65 bits per heavy atom. The maximum atomic E-state index is 11.2. The predicted octanol–water partition coefficient (Wildman–Crippen LogP) is -0.975. The SMILES string of the molecule is CC(=O)n1cc[n+](Cc2ccc(C=CC#N)cc2)c1.[Br-]. The number of carbonyl (C=O) groups excluding carboxylic acids is 1. The van der Waals surface area contributed by atoms with Crippen molar-refractivity contribution >= 4 is 12.0 Å². The molecule has 0 fully saturated rings. The van der Waals surface area contributed by atoms with Crippen molar-refractivity contribution < 1.29 is 26.3 Å². The second-order valence-corrected chi connectivity index (χ2v) is 4.22. The van der Waals surface area contributed by atoms with Crippen LogP contribution in [0.4, 0.5) is 0 Å². The number of hydrogen-bond acceptors (Lipinski definition) is 2. The minimum atomic E-state index is -0.00395. The molecule has 0 amide bonds. The number of carbonyl (C=O) groups is 1. The summed E-state index contributed by atoms with van der Waals surface area (Å²) in [7, 11) is 0. The Morgan fingerprint density at radius 2 is 2.10 bits per heavy atom. The van der Waals surface area contributed by atoms with Crippen molar-refractivity contribution in [3.05, 3.63) is 60.2 Å². The highest BCUT2D eigenvalue weighted by molar-refractivity contribution is 5.75. The third-order valence-electron chi connectivity index (χ3n) is 2.75. The van der Waals surface area contributed by atoms with Crippen LogP contribution in [0.1, 0.15) is 22.8 Å². The van der Waals surface area contributed by atoms with Gasteiger partial charge in [-0.3, -0.25) is 0 Å². The van der Waals surface area contributed by atoms with Gasteiger partial charge in [-0.25, -0.2) is 9.36 Å². The molecule has 102 valence electrons. The first-order valence-electron chi connectivity index (χ1n) is 5.92. The fraction of sp³-hybridized carbons (Fsp3) is 0.133. The van der Waals surface area contributed by atoms with Crippen LogP contribution in [0.15, 0.2) is 49.1 Å². The zero-order valence-electron chi connectivity index (χ0n) is 11.0. The molecular weight excluding hydrogens is 318 g/mol. The Kier molecular flexibility index (Phi) is 5.88. The average Bonchev–Trinajstić information content (AvgIpc) is 2.87. The van der Waals surface area contributed by atoms with Crippen molar-refractivity contribution in [1.29, 1.82) is 5.26 Å². The maximum Gasteiger partial charge on any atom is 0.310 e. The summed E-state index contributed by atoms with van der Waals surface area (Å²) in [5, 5.41) is 8.45. The highest BCUT2D eigenvalue weighted by atomic mass is 79.9. The number of allylic oxidation sites excluding steroid dienone is 1. The third kappa shape index (κ3) is 4.18. The smallest absolute Gasteiger partial charge is 0.310 e. The molecule has 2 rings (SSSR count). The van der Waals surface area contributed by atoms with Gasteiger partial charge in [-0.1, -0.05) is 24.3 Å². The second-order valence-electron chi connectivity index (χ2n) is 4.22. The maximum absolute atomic E-state index is 11.2. The first-order chi connectivity index (χ1) is 9.19. The van der Waals surface area contributed by atoms with Crippen LogP contribution in [0.5, 0.6) is 0 Å². The van der Waals surface area contributed by atoms with Gasteiger partial charge in [0.2, 0.25) is 0 Å². The Labute approximate surface area is 128 Å². The number of rotatable bonds is 3. The molecule has 0 aliphatic carbocycles. The summed E-state index contributed by atoms with van der Waals surface area (Å²) in [5.41, 5.74) is 2.14. The number of aromatic nitrogens is 2. The van der Waals surface area contributed by atoms with Crippen molar-refractivity contribution in [1.82, 2.24) is 4.57 Å². The van der Waals surface area contributed by atoms with Crippen LogP contribution in [0.2, 0.25) is 0 Å². The van der Waals surface area contributed by atoms with E-state index in [1.807, 2.05) is 41.1 Å². The fourth-order valence-corrected chi connectivity index (χ4v) is 1.75. The topological polar surface area (TPSA) is 49.7 Å². The van der Waals surface area contributed by atoms with Gasteiger partial charge < -0.3 is 17.0 Å². The lowest BCUT2D eigenvalue weighted by atomic mass is 10.1. The number of halogens is 1. The minimum Gasteiger partial charge on any atom is -1.00 e. The first kappa shape index (κ1) is 15.9. The van der Waals surface area contributed by atoms with Gasteiger partial charge in [-0.2, -0.15) is 9.83 Å². The van der Waals surface area contributed by atoms with Gasteiger partial charge in [0.05, 0.1) is 6.07 Å². The van der Waals surface area contributed by atoms with Gasteiger partial charge >= 0.3 is 5.91 Å². The molecule has 0 unspecified atom stereocenters. The molecule has 1 aromatic heterocycles. The van der Waals surface area contributed by atoms with Crippen molar-refractivity contribution in [3.63, 3.8) is 0 Å². The molecular formula is C15H14BrN3O. The summed E-state index contributed by atoms with van der Waals surface area (Å²) in [6.45, 7) is 2.24. The highest BCUT2D eigenvalue weighted by Gasteiger charge is 2.07. The molecule has 0 N–H and O–H groups in total. The Morgan fingerprint density at radius 1 is 1.40 bits per heavy atom. The molecule has 0 radical (unpaired) electrons. The van der Waals surface area contributed by atoms with Gasteiger partial charge in [0, 0.05) is 13.0 Å². The van der Waals surface area contributed by atoms with E-state index in [9.17, 15) is 4.79 Å². The van der Waals surface area contributed by atoms with Crippen LogP contribution in [0, 0.1) is 11.3 Å². The second kappa shape index (κ2) is 7.41. The lowest BCUT2D eigenvalue weighted by Crippen LogP contribution is -3.00. The van der Waals surface area contributed by atoms with Gasteiger partial charge in [0.15, 0.2) is 0 Å². The Hall–Kier alpha value is -2.19. The largest absolute Gasteiger partial charge is 1.00 e. The molecule has 20 heavy (non-hydrogen) atoms. The van der Waals surface area contributed by atoms with Crippen LogP contribution < -0.4 is 21.5 Å². The van der Waals surface area contributed by atoms with Gasteiger partial charge in [0.1, 0.15) is 18.9 Å². The molecule has 5 heteroatoms. The van der Waals surface area contributed by atoms with Crippen LogP contribution in [0.25, 0.3) is 6.08 Å². The Balaban J connectivity index is 0.00000200. The molecule has 1 heterocycles. The minimum absolute atomic E-state index is 0. The molecule has 0 bridgehead atoms. The van der Waals surface area contributed by atoms with Gasteiger partial charge in [0.25, 0.3) is 6.33 Å². The molecule has 0 saturated carbocycles. The van der Waals surface area contributed by atoms with Crippen molar-refractivity contribution in [2.24, 2.45) is 0 Å². The lowest BCUT2D eigenvalue weighted by Gasteiger charge is -1.98. The van der Waals surface area contributed by atoms with Crippen molar-refractivity contribution in [2.75, 3.05) is 0 Å². The number of benzene rings is 1. The average molecular weight is 332 g/mol. The molecule has 0 aliphatic rings. The summed E-state index contributed by atoms with van der Waals surface area (Å²) < 4.78 is 3.49. The number of nitriles is 1. The third-order valence-corrected chi connectivity index (χ3v) is 2.75. The molecule has 4 nitrogen and oxygen atoms in total. The van der Waals surface area contributed by atoms with Crippen LogP contribution in [0.3, 0.4) is 0 Å². The highest BCUT2D eigenvalue weighted by Crippen LogP contribution is 2.06. The van der Waals surface area contributed by atoms with Crippen LogP contribution in [-0.2, 0) is 6.54 Å². The number of nitrogens with zero attached hydrogens (tertiary/aromatic N) is 3. The fourth-order valence-electron chi connectivity index (χ4n) is 1.75. The molecule has 0 atom stereocenters. The summed E-state index contributed by atoms with van der Waals surface area (Å²) >= 11 is 0. The Bertz CT molecular complexity index is 651. The van der Waals surface area contributed by atoms with Gasteiger partial charge in [-0.15, -0.1) is 0 Å². The summed E-state index contributed by atoms with van der Waals surface area (Å²) in [6.07, 6.45) is 8.60. The van der Waals surface area contributed by atoms with E-state index in [1.165, 1.54) is 13.0 Å².